The van der Waals surface area contributed by atoms with Gasteiger partial charge in [-0.05, 0) is 18.2 Å². The molecule has 0 unspecified atom stereocenters. The molecule has 0 radical (unpaired) electrons. The molecule has 7 heteroatoms. The smallest absolute Gasteiger partial charge is 0.269 e. The van der Waals surface area contributed by atoms with Crippen LogP contribution in [0.2, 0.25) is 10.0 Å². The molecule has 1 aromatic heterocycles. The van der Waals surface area contributed by atoms with Crippen LogP contribution in [-0.4, -0.2) is 34.4 Å². The summed E-state index contributed by atoms with van der Waals surface area (Å²) in [6.07, 6.45) is 0. The Morgan fingerprint density at radius 2 is 2.11 bits per heavy atom. The highest BCUT2D eigenvalue weighted by molar-refractivity contribution is 6.42. The second-order valence-electron chi connectivity index (χ2n) is 3.78. The molecule has 0 atom stereocenters. The number of halogens is 2. The van der Waals surface area contributed by atoms with E-state index in [-0.39, 0.29) is 19.1 Å². The van der Waals surface area contributed by atoms with Crippen LogP contribution in [0.3, 0.4) is 0 Å². The third-order valence-corrected chi connectivity index (χ3v) is 3.17. The lowest BCUT2D eigenvalue weighted by molar-refractivity contribution is 0.0940. The van der Waals surface area contributed by atoms with Crippen molar-refractivity contribution in [2.24, 2.45) is 0 Å². The molecule has 0 saturated carbocycles. The van der Waals surface area contributed by atoms with Crippen molar-refractivity contribution in [3.63, 3.8) is 0 Å². The van der Waals surface area contributed by atoms with Crippen LogP contribution in [0, 0.1) is 0 Å². The minimum absolute atomic E-state index is 0.112. The number of aromatic amines is 1. The summed E-state index contributed by atoms with van der Waals surface area (Å²) in [4.78, 5) is 11.6. The molecule has 1 aromatic carbocycles. The summed E-state index contributed by atoms with van der Waals surface area (Å²) >= 11 is 11.8. The average molecular weight is 300 g/mol. The molecule has 0 aliphatic heterocycles. The number of aliphatic hydroxyl groups excluding tert-OH is 1. The number of H-pyrrole nitrogens is 1. The first-order chi connectivity index (χ1) is 9.11. The van der Waals surface area contributed by atoms with Crippen molar-refractivity contribution in [2.75, 3.05) is 13.2 Å². The van der Waals surface area contributed by atoms with E-state index in [1.807, 2.05) is 0 Å². The maximum absolute atomic E-state index is 11.6. The summed E-state index contributed by atoms with van der Waals surface area (Å²) < 4.78 is 0. The molecule has 1 amide bonds. The summed E-state index contributed by atoms with van der Waals surface area (Å²) in [6.45, 7) is 0.0828. The highest BCUT2D eigenvalue weighted by atomic mass is 35.5. The lowest BCUT2D eigenvalue weighted by Crippen LogP contribution is -2.26. The molecule has 100 valence electrons. The fraction of sp³-hybridized carbons (Fsp3) is 0.167. The third-order valence-electron chi connectivity index (χ3n) is 2.44. The van der Waals surface area contributed by atoms with E-state index in [1.54, 1.807) is 24.3 Å². The quantitative estimate of drug-likeness (QED) is 0.809. The van der Waals surface area contributed by atoms with E-state index in [2.05, 4.69) is 15.5 Å². The Balaban J connectivity index is 2.20. The normalized spacial score (nSPS) is 10.5. The standard InChI is InChI=1S/C12H11Cl2N3O2/c13-8-2-1-7(5-9(8)14)10-6-11(17-16-10)12(19)15-3-4-18/h1-2,5-6,18H,3-4H2,(H,15,19)(H,16,17). The van der Waals surface area contributed by atoms with Crippen LogP contribution in [0.4, 0.5) is 0 Å². The number of aromatic nitrogens is 2. The number of carbonyl (C=O) groups is 1. The van der Waals surface area contributed by atoms with E-state index >= 15 is 0 Å². The summed E-state index contributed by atoms with van der Waals surface area (Å²) in [5, 5.41) is 18.7. The van der Waals surface area contributed by atoms with Gasteiger partial charge in [0.15, 0.2) is 0 Å². The van der Waals surface area contributed by atoms with Crippen molar-refractivity contribution in [3.8, 4) is 11.3 Å². The van der Waals surface area contributed by atoms with E-state index in [9.17, 15) is 4.79 Å². The van der Waals surface area contributed by atoms with Gasteiger partial charge in [-0.2, -0.15) is 5.10 Å². The minimum Gasteiger partial charge on any atom is -0.395 e. The monoisotopic (exact) mass is 299 g/mol. The van der Waals surface area contributed by atoms with Crippen molar-refractivity contribution in [2.45, 2.75) is 0 Å². The summed E-state index contributed by atoms with van der Waals surface area (Å²) in [7, 11) is 0. The van der Waals surface area contributed by atoms with Crippen LogP contribution in [0.15, 0.2) is 24.3 Å². The Morgan fingerprint density at radius 1 is 1.32 bits per heavy atom. The molecule has 0 bridgehead atoms. The number of carbonyl (C=O) groups excluding carboxylic acids is 1. The predicted octanol–water partition coefficient (Wildman–Crippen LogP) is 2.11. The number of hydrogen-bond donors (Lipinski definition) is 3. The van der Waals surface area contributed by atoms with Crippen molar-refractivity contribution in [1.29, 1.82) is 0 Å². The van der Waals surface area contributed by atoms with Crippen LogP contribution in [0.5, 0.6) is 0 Å². The maximum Gasteiger partial charge on any atom is 0.269 e. The molecular weight excluding hydrogens is 289 g/mol. The lowest BCUT2D eigenvalue weighted by Gasteiger charge is -1.99. The number of nitrogens with one attached hydrogen (secondary N) is 2. The number of rotatable bonds is 4. The van der Waals surface area contributed by atoms with E-state index < -0.39 is 0 Å². The highest BCUT2D eigenvalue weighted by Gasteiger charge is 2.11. The lowest BCUT2D eigenvalue weighted by atomic mass is 10.1. The maximum atomic E-state index is 11.6. The number of hydrogen-bond acceptors (Lipinski definition) is 3. The number of amides is 1. The van der Waals surface area contributed by atoms with Crippen LogP contribution >= 0.6 is 23.2 Å². The van der Waals surface area contributed by atoms with Gasteiger partial charge >= 0.3 is 0 Å². The summed E-state index contributed by atoms with van der Waals surface area (Å²) in [6, 6.07) is 6.71. The Kier molecular flexibility index (Phi) is 4.42. The van der Waals surface area contributed by atoms with Crippen LogP contribution in [0.25, 0.3) is 11.3 Å². The van der Waals surface area contributed by atoms with Gasteiger partial charge in [-0.25, -0.2) is 0 Å². The van der Waals surface area contributed by atoms with E-state index in [4.69, 9.17) is 28.3 Å². The van der Waals surface area contributed by atoms with Crippen molar-refractivity contribution < 1.29 is 9.90 Å². The Labute approximate surface area is 119 Å². The fourth-order valence-corrected chi connectivity index (χ4v) is 1.80. The molecule has 5 nitrogen and oxygen atoms in total. The fourth-order valence-electron chi connectivity index (χ4n) is 1.51. The largest absolute Gasteiger partial charge is 0.395 e. The molecule has 2 aromatic rings. The van der Waals surface area contributed by atoms with Gasteiger partial charge in [0.2, 0.25) is 0 Å². The molecule has 0 aliphatic rings. The zero-order chi connectivity index (χ0) is 13.8. The Hall–Kier alpha value is -1.56. The first-order valence-corrected chi connectivity index (χ1v) is 6.27. The number of nitrogens with zero attached hydrogens (tertiary/aromatic N) is 1. The van der Waals surface area contributed by atoms with Gasteiger partial charge in [0, 0.05) is 12.1 Å². The van der Waals surface area contributed by atoms with E-state index in [0.717, 1.165) is 5.56 Å². The molecule has 0 aliphatic carbocycles. The number of benzene rings is 1. The molecule has 0 fully saturated rings. The van der Waals surface area contributed by atoms with Crippen LogP contribution in [-0.2, 0) is 0 Å². The molecule has 0 spiro atoms. The Morgan fingerprint density at radius 3 is 2.79 bits per heavy atom. The van der Waals surface area contributed by atoms with E-state index in [1.165, 1.54) is 0 Å². The SMILES string of the molecule is O=C(NCCO)c1cc(-c2ccc(Cl)c(Cl)c2)n[nH]1. The topological polar surface area (TPSA) is 78.0 Å². The van der Waals surface area contributed by atoms with Crippen LogP contribution in [0.1, 0.15) is 10.5 Å². The zero-order valence-corrected chi connectivity index (χ0v) is 11.3. The van der Waals surface area contributed by atoms with Gasteiger partial charge in [-0.3, -0.25) is 9.89 Å². The van der Waals surface area contributed by atoms with Gasteiger partial charge in [0.25, 0.3) is 5.91 Å². The first-order valence-electron chi connectivity index (χ1n) is 5.51. The van der Waals surface area contributed by atoms with Gasteiger partial charge in [0.05, 0.1) is 22.3 Å². The minimum atomic E-state index is -0.326. The zero-order valence-electron chi connectivity index (χ0n) is 9.78. The van der Waals surface area contributed by atoms with E-state index in [0.29, 0.717) is 21.4 Å². The third kappa shape index (κ3) is 3.26. The summed E-state index contributed by atoms with van der Waals surface area (Å²) in [5.41, 5.74) is 1.66. The molecular formula is C12H11Cl2N3O2. The molecule has 0 saturated heterocycles. The molecule has 3 N–H and O–H groups in total. The van der Waals surface area contributed by atoms with Crippen molar-refractivity contribution in [3.05, 3.63) is 40.0 Å². The molecule has 2 rings (SSSR count). The van der Waals surface area contributed by atoms with Crippen LogP contribution < -0.4 is 5.32 Å². The molecule has 1 heterocycles. The van der Waals surface area contributed by atoms with Crippen molar-refractivity contribution in [1.82, 2.24) is 15.5 Å². The molecule has 19 heavy (non-hydrogen) atoms. The van der Waals surface area contributed by atoms with Crippen molar-refractivity contribution >= 4 is 29.1 Å². The predicted molar refractivity (Wildman–Crippen MR) is 73.5 cm³/mol. The van der Waals surface area contributed by atoms with Gasteiger partial charge < -0.3 is 10.4 Å². The average Bonchev–Trinajstić information content (AvgIpc) is 2.89. The second kappa shape index (κ2) is 6.06. The first kappa shape index (κ1) is 13.9. The Bertz CT molecular complexity index is 598. The number of aliphatic hydroxyl groups is 1. The van der Waals surface area contributed by atoms with Gasteiger partial charge in [0.1, 0.15) is 5.69 Å². The highest BCUT2D eigenvalue weighted by Crippen LogP contribution is 2.27. The summed E-state index contributed by atoms with van der Waals surface area (Å²) in [5.74, 6) is -0.326. The van der Waals surface area contributed by atoms with Gasteiger partial charge in [-0.1, -0.05) is 29.3 Å². The second-order valence-corrected chi connectivity index (χ2v) is 4.59. The van der Waals surface area contributed by atoms with Gasteiger partial charge in [-0.15, -0.1) is 0 Å².